The van der Waals surface area contributed by atoms with Gasteiger partial charge >= 0.3 is 0 Å². The molecule has 2 aromatic rings. The zero-order valence-electron chi connectivity index (χ0n) is 12.6. The molecule has 0 spiro atoms. The van der Waals surface area contributed by atoms with Crippen LogP contribution in [-0.4, -0.2) is 21.1 Å². The third kappa shape index (κ3) is 3.49. The van der Waals surface area contributed by atoms with E-state index < -0.39 is 21.9 Å². The van der Waals surface area contributed by atoms with Gasteiger partial charge in [0.05, 0.1) is 16.5 Å². The van der Waals surface area contributed by atoms with E-state index in [9.17, 15) is 9.00 Å². The number of aromatic nitrogens is 1. The van der Waals surface area contributed by atoms with Gasteiger partial charge in [-0.25, -0.2) is 9.35 Å². The SMILES string of the molecule is CC[C@H](C)[C@H](N)C(=O)N=S(N)(=O)c1ccc2cccnc2c1. The van der Waals surface area contributed by atoms with Crippen LogP contribution < -0.4 is 10.9 Å². The van der Waals surface area contributed by atoms with Crippen molar-refractivity contribution >= 4 is 26.7 Å². The number of hydrogen-bond donors (Lipinski definition) is 2. The molecule has 22 heavy (non-hydrogen) atoms. The lowest BCUT2D eigenvalue weighted by molar-refractivity contribution is -0.119. The van der Waals surface area contributed by atoms with Crippen molar-refractivity contribution in [3.8, 4) is 0 Å². The summed E-state index contributed by atoms with van der Waals surface area (Å²) in [6.07, 6.45) is 2.36. The monoisotopic (exact) mass is 320 g/mol. The summed E-state index contributed by atoms with van der Waals surface area (Å²) in [5.41, 5.74) is 6.46. The van der Waals surface area contributed by atoms with Gasteiger partial charge in [0.1, 0.15) is 9.92 Å². The fraction of sp³-hybridized carbons (Fsp3) is 0.333. The number of pyridine rings is 1. The van der Waals surface area contributed by atoms with E-state index in [1.54, 1.807) is 30.5 Å². The summed E-state index contributed by atoms with van der Waals surface area (Å²) in [7, 11) is -3.33. The van der Waals surface area contributed by atoms with E-state index in [4.69, 9.17) is 10.9 Å². The number of hydrogen-bond acceptors (Lipinski definition) is 4. The molecule has 0 radical (unpaired) electrons. The smallest absolute Gasteiger partial charge is 0.272 e. The third-order valence-corrected chi connectivity index (χ3v) is 5.06. The molecular weight excluding hydrogens is 300 g/mol. The molecule has 2 rings (SSSR count). The number of amides is 1. The van der Waals surface area contributed by atoms with Crippen molar-refractivity contribution in [2.75, 3.05) is 0 Å². The highest BCUT2D eigenvalue weighted by Gasteiger charge is 2.21. The van der Waals surface area contributed by atoms with Crippen LogP contribution in [-0.2, 0) is 14.7 Å². The van der Waals surface area contributed by atoms with Gasteiger partial charge in [0.15, 0.2) is 0 Å². The largest absolute Gasteiger partial charge is 0.320 e. The summed E-state index contributed by atoms with van der Waals surface area (Å²) >= 11 is 0. The van der Waals surface area contributed by atoms with Gasteiger partial charge in [-0.05, 0) is 24.1 Å². The van der Waals surface area contributed by atoms with Crippen LogP contribution in [0.25, 0.3) is 10.9 Å². The maximum atomic E-state index is 12.6. The Morgan fingerprint density at radius 2 is 2.14 bits per heavy atom. The molecule has 1 aromatic heterocycles. The molecule has 1 unspecified atom stereocenters. The van der Waals surface area contributed by atoms with Crippen LogP contribution in [0.5, 0.6) is 0 Å². The molecule has 3 atom stereocenters. The minimum atomic E-state index is -3.33. The number of nitrogens with two attached hydrogens (primary N) is 2. The number of nitrogens with zero attached hydrogens (tertiary/aromatic N) is 2. The maximum absolute atomic E-state index is 12.6. The number of fused-ring (bicyclic) bond motifs is 1. The average Bonchev–Trinajstić information content (AvgIpc) is 2.52. The number of rotatable bonds is 4. The van der Waals surface area contributed by atoms with Crippen LogP contribution in [0.1, 0.15) is 20.3 Å². The van der Waals surface area contributed by atoms with Crippen molar-refractivity contribution < 1.29 is 9.00 Å². The molecule has 0 bridgehead atoms. The Kier molecular flexibility index (Phi) is 4.90. The van der Waals surface area contributed by atoms with Crippen molar-refractivity contribution in [2.24, 2.45) is 21.2 Å². The minimum Gasteiger partial charge on any atom is -0.320 e. The second-order valence-corrected chi connectivity index (χ2v) is 7.06. The minimum absolute atomic E-state index is 0.0512. The van der Waals surface area contributed by atoms with E-state index >= 15 is 0 Å². The van der Waals surface area contributed by atoms with E-state index in [-0.39, 0.29) is 10.8 Å². The molecule has 6 nitrogen and oxygen atoms in total. The molecule has 1 aromatic carbocycles. The lowest BCUT2D eigenvalue weighted by Crippen LogP contribution is -2.36. The Morgan fingerprint density at radius 1 is 1.41 bits per heavy atom. The highest BCUT2D eigenvalue weighted by Crippen LogP contribution is 2.18. The Labute approximate surface area is 130 Å². The lowest BCUT2D eigenvalue weighted by Gasteiger charge is -2.14. The Balaban J connectivity index is 2.41. The van der Waals surface area contributed by atoms with Gasteiger partial charge in [-0.2, -0.15) is 0 Å². The average molecular weight is 320 g/mol. The molecule has 0 aliphatic rings. The summed E-state index contributed by atoms with van der Waals surface area (Å²) in [5.74, 6) is -0.687. The zero-order valence-corrected chi connectivity index (χ0v) is 13.4. The highest BCUT2D eigenvalue weighted by atomic mass is 32.2. The van der Waals surface area contributed by atoms with Crippen LogP contribution in [0.2, 0.25) is 0 Å². The van der Waals surface area contributed by atoms with E-state index in [0.29, 0.717) is 5.52 Å². The summed E-state index contributed by atoms with van der Waals surface area (Å²) < 4.78 is 16.2. The van der Waals surface area contributed by atoms with Crippen molar-refractivity contribution in [1.29, 1.82) is 0 Å². The van der Waals surface area contributed by atoms with Crippen molar-refractivity contribution in [1.82, 2.24) is 4.98 Å². The van der Waals surface area contributed by atoms with E-state index in [0.717, 1.165) is 11.8 Å². The van der Waals surface area contributed by atoms with Gasteiger partial charge in [-0.1, -0.05) is 32.4 Å². The van der Waals surface area contributed by atoms with Gasteiger partial charge in [-0.3, -0.25) is 9.78 Å². The number of benzene rings is 1. The number of carbonyl (C=O) groups excluding carboxylic acids is 1. The van der Waals surface area contributed by atoms with E-state index in [2.05, 4.69) is 9.35 Å². The van der Waals surface area contributed by atoms with Crippen LogP contribution in [0.15, 0.2) is 45.8 Å². The maximum Gasteiger partial charge on any atom is 0.272 e. The predicted molar refractivity (Wildman–Crippen MR) is 87.2 cm³/mol. The highest BCUT2D eigenvalue weighted by molar-refractivity contribution is 7.91. The van der Waals surface area contributed by atoms with Gasteiger partial charge in [0, 0.05) is 11.6 Å². The number of carbonyl (C=O) groups is 1. The first-order valence-electron chi connectivity index (χ1n) is 7.04. The molecule has 0 saturated carbocycles. The topological polar surface area (TPSA) is 111 Å². The molecule has 118 valence electrons. The van der Waals surface area contributed by atoms with Gasteiger partial charge < -0.3 is 5.73 Å². The quantitative estimate of drug-likeness (QED) is 0.895. The van der Waals surface area contributed by atoms with Crippen LogP contribution in [0, 0.1) is 5.92 Å². The molecule has 0 fully saturated rings. The normalized spacial score (nSPS) is 16.7. The predicted octanol–water partition coefficient (Wildman–Crippen LogP) is 1.84. The molecule has 1 heterocycles. The van der Waals surface area contributed by atoms with Crippen LogP contribution in [0.4, 0.5) is 0 Å². The van der Waals surface area contributed by atoms with Gasteiger partial charge in [0.2, 0.25) is 0 Å². The summed E-state index contributed by atoms with van der Waals surface area (Å²) in [4.78, 5) is 16.5. The van der Waals surface area contributed by atoms with Crippen LogP contribution >= 0.6 is 0 Å². The van der Waals surface area contributed by atoms with E-state index in [1.165, 1.54) is 0 Å². The lowest BCUT2D eigenvalue weighted by atomic mass is 10.00. The third-order valence-electron chi connectivity index (χ3n) is 3.68. The van der Waals surface area contributed by atoms with Crippen molar-refractivity contribution in [3.05, 3.63) is 36.5 Å². The fourth-order valence-electron chi connectivity index (χ4n) is 1.97. The van der Waals surface area contributed by atoms with Crippen LogP contribution in [0.3, 0.4) is 0 Å². The first-order valence-corrected chi connectivity index (χ1v) is 8.62. The first-order chi connectivity index (χ1) is 10.3. The van der Waals surface area contributed by atoms with Gasteiger partial charge in [-0.15, -0.1) is 4.36 Å². The second-order valence-electron chi connectivity index (χ2n) is 5.27. The zero-order chi connectivity index (χ0) is 16.3. The molecular formula is C15H20N4O2S. The summed E-state index contributed by atoms with van der Waals surface area (Å²) in [6.45, 7) is 3.77. The molecule has 0 aliphatic carbocycles. The van der Waals surface area contributed by atoms with Crippen molar-refractivity contribution in [3.63, 3.8) is 0 Å². The van der Waals surface area contributed by atoms with Crippen molar-refractivity contribution in [2.45, 2.75) is 31.2 Å². The van der Waals surface area contributed by atoms with E-state index in [1.807, 2.05) is 19.9 Å². The Hall–Kier alpha value is -1.83. The molecule has 7 heteroatoms. The van der Waals surface area contributed by atoms with Gasteiger partial charge in [0.25, 0.3) is 5.91 Å². The standard InChI is InChI=1S/C15H20N4O2S/c1-3-10(2)14(16)15(20)19-22(17,21)12-7-6-11-5-4-8-18-13(11)9-12/h4-10,14H,3,16H2,1-2H3,(H2,17,19,20,21)/t10-,14-,22?/m0/s1. The molecule has 4 N–H and O–H groups in total. The first kappa shape index (κ1) is 16.5. The second kappa shape index (κ2) is 6.51. The molecule has 1 amide bonds. The summed E-state index contributed by atoms with van der Waals surface area (Å²) in [6, 6.07) is 7.82. The summed E-state index contributed by atoms with van der Waals surface area (Å²) in [5, 5.41) is 6.66. The Morgan fingerprint density at radius 3 is 2.82 bits per heavy atom. The molecule has 0 aliphatic heterocycles. The fourth-order valence-corrected chi connectivity index (χ4v) is 3.01. The molecule has 0 saturated heterocycles. The Bertz CT molecular complexity index is 812.